The maximum atomic E-state index is 11.6. The average Bonchev–Trinajstić information content (AvgIpc) is 3.27. The van der Waals surface area contributed by atoms with Crippen molar-refractivity contribution in [1.29, 1.82) is 0 Å². The lowest BCUT2D eigenvalue weighted by Gasteiger charge is -2.22. The van der Waals surface area contributed by atoms with Crippen LogP contribution in [-0.2, 0) is 16.4 Å². The fraction of sp³-hybridized carbons (Fsp3) is 0.435. The van der Waals surface area contributed by atoms with Gasteiger partial charge in [0.2, 0.25) is 0 Å². The van der Waals surface area contributed by atoms with Crippen molar-refractivity contribution in [1.82, 2.24) is 10.6 Å². The molecule has 1 heterocycles. The molecule has 3 rings (SSSR count). The molecule has 1 aliphatic heterocycles. The summed E-state index contributed by atoms with van der Waals surface area (Å²) in [4.78, 5) is 7.44. The zero-order chi connectivity index (χ0) is 21.6. The van der Waals surface area contributed by atoms with Crippen molar-refractivity contribution >= 4 is 21.5 Å². The van der Waals surface area contributed by atoms with Gasteiger partial charge in [-0.05, 0) is 62.1 Å². The Hall–Kier alpha value is -2.54. The van der Waals surface area contributed by atoms with Crippen LogP contribution >= 0.6 is 0 Å². The van der Waals surface area contributed by atoms with E-state index in [-0.39, 0.29) is 6.04 Å². The summed E-state index contributed by atoms with van der Waals surface area (Å²) in [6, 6.07) is 15.7. The Morgan fingerprint density at radius 2 is 1.83 bits per heavy atom. The minimum absolute atomic E-state index is 0.109. The minimum Gasteiger partial charge on any atom is -0.372 e. The van der Waals surface area contributed by atoms with Crippen LogP contribution in [0.1, 0.15) is 43.9 Å². The second-order valence-corrected chi connectivity index (χ2v) is 9.78. The van der Waals surface area contributed by atoms with Crippen LogP contribution in [0, 0.1) is 0 Å². The molecule has 0 bridgehead atoms. The normalized spacial score (nSPS) is 15.8. The molecule has 0 radical (unpaired) electrons. The number of guanidine groups is 1. The average molecular weight is 429 g/mol. The molecule has 162 valence electrons. The zero-order valence-electron chi connectivity index (χ0n) is 18.1. The van der Waals surface area contributed by atoms with Gasteiger partial charge in [0.05, 0.1) is 17.5 Å². The number of hydrogen-bond donors (Lipinski definition) is 2. The Kier molecular flexibility index (Phi) is 7.37. The van der Waals surface area contributed by atoms with Crippen LogP contribution in [-0.4, -0.2) is 40.3 Å². The molecule has 30 heavy (non-hydrogen) atoms. The van der Waals surface area contributed by atoms with Gasteiger partial charge in [0.1, 0.15) is 0 Å². The van der Waals surface area contributed by atoms with Crippen molar-refractivity contribution < 1.29 is 8.42 Å². The number of nitrogens with one attached hydrogen (secondary N) is 2. The summed E-state index contributed by atoms with van der Waals surface area (Å²) >= 11 is 0. The molecule has 0 spiro atoms. The first-order valence-corrected chi connectivity index (χ1v) is 12.4. The molecular formula is C23H32N4O2S. The number of nitrogens with zero attached hydrogens (tertiary/aromatic N) is 2. The Bertz CT molecular complexity index is 965. The summed E-state index contributed by atoms with van der Waals surface area (Å²) in [5.41, 5.74) is 3.47. The molecule has 1 unspecified atom stereocenters. The highest BCUT2D eigenvalue weighted by Gasteiger charge is 2.14. The second-order valence-electron chi connectivity index (χ2n) is 7.77. The fourth-order valence-corrected chi connectivity index (χ4v) is 4.22. The lowest BCUT2D eigenvalue weighted by molar-refractivity contribution is 0.602. The van der Waals surface area contributed by atoms with Gasteiger partial charge in [0.25, 0.3) is 0 Å². The first-order chi connectivity index (χ1) is 14.4. The minimum atomic E-state index is -3.18. The predicted molar refractivity (Wildman–Crippen MR) is 124 cm³/mol. The third-order valence-corrected chi connectivity index (χ3v) is 6.44. The van der Waals surface area contributed by atoms with Crippen LogP contribution in [0.4, 0.5) is 5.69 Å². The van der Waals surface area contributed by atoms with Crippen molar-refractivity contribution in [2.75, 3.05) is 30.8 Å². The summed E-state index contributed by atoms with van der Waals surface area (Å²) in [6.45, 7) is 7.67. The second kappa shape index (κ2) is 9.98. The summed E-state index contributed by atoms with van der Waals surface area (Å²) in [5, 5.41) is 6.77. The van der Waals surface area contributed by atoms with E-state index in [0.717, 1.165) is 31.2 Å². The van der Waals surface area contributed by atoms with E-state index in [9.17, 15) is 8.42 Å². The highest BCUT2D eigenvalue weighted by atomic mass is 32.2. The predicted octanol–water partition coefficient (Wildman–Crippen LogP) is 3.51. The Balaban J connectivity index is 1.68. The van der Waals surface area contributed by atoms with Crippen molar-refractivity contribution in [3.63, 3.8) is 0 Å². The number of benzene rings is 2. The third kappa shape index (κ3) is 5.98. The molecule has 2 aromatic carbocycles. The van der Waals surface area contributed by atoms with E-state index in [1.165, 1.54) is 30.3 Å². The summed E-state index contributed by atoms with van der Waals surface area (Å²) < 4.78 is 23.2. The summed E-state index contributed by atoms with van der Waals surface area (Å²) in [5.74, 6) is 0.740. The van der Waals surface area contributed by atoms with Crippen LogP contribution in [0.15, 0.2) is 58.4 Å². The maximum absolute atomic E-state index is 11.6. The standard InChI is InChI=1S/C23H32N4O2S/c1-4-24-23(25-17-19-10-12-22(13-11-19)30(3,28)29)26-18(2)20-8-7-9-21(16-20)27-14-5-6-15-27/h7-13,16,18H,4-6,14-15,17H2,1-3H3,(H2,24,25,26). The molecule has 1 aliphatic rings. The molecule has 1 atom stereocenters. The van der Waals surface area contributed by atoms with Gasteiger partial charge in [0.15, 0.2) is 15.8 Å². The van der Waals surface area contributed by atoms with Crippen LogP contribution in [0.25, 0.3) is 0 Å². The largest absolute Gasteiger partial charge is 0.372 e. The molecule has 1 fully saturated rings. The van der Waals surface area contributed by atoms with Gasteiger partial charge in [-0.25, -0.2) is 13.4 Å². The molecule has 0 aliphatic carbocycles. The number of sulfone groups is 1. The summed E-state index contributed by atoms with van der Waals surface area (Å²) in [7, 11) is -3.18. The monoisotopic (exact) mass is 428 g/mol. The van der Waals surface area contributed by atoms with Gasteiger partial charge in [0, 0.05) is 31.6 Å². The molecular weight excluding hydrogens is 396 g/mol. The van der Waals surface area contributed by atoms with E-state index in [2.05, 4.69) is 51.7 Å². The number of anilines is 1. The third-order valence-electron chi connectivity index (χ3n) is 5.31. The van der Waals surface area contributed by atoms with Gasteiger partial charge in [-0.15, -0.1) is 0 Å². The van der Waals surface area contributed by atoms with Crippen molar-refractivity contribution in [3.05, 3.63) is 59.7 Å². The Morgan fingerprint density at radius 3 is 2.47 bits per heavy atom. The number of aliphatic imine (C=N–C) groups is 1. The quantitative estimate of drug-likeness (QED) is 0.522. The molecule has 0 amide bonds. The van der Waals surface area contributed by atoms with Crippen molar-refractivity contribution in [2.24, 2.45) is 4.99 Å². The highest BCUT2D eigenvalue weighted by molar-refractivity contribution is 7.90. The van der Waals surface area contributed by atoms with Gasteiger partial charge in [-0.1, -0.05) is 24.3 Å². The SMILES string of the molecule is CCNC(=NCc1ccc(S(C)(=O)=O)cc1)NC(C)c1cccc(N2CCCC2)c1. The van der Waals surface area contributed by atoms with Gasteiger partial charge < -0.3 is 15.5 Å². The molecule has 6 nitrogen and oxygen atoms in total. The van der Waals surface area contributed by atoms with E-state index in [0.29, 0.717) is 11.4 Å². The zero-order valence-corrected chi connectivity index (χ0v) is 18.9. The highest BCUT2D eigenvalue weighted by Crippen LogP contribution is 2.24. The van der Waals surface area contributed by atoms with Crippen molar-refractivity contribution in [3.8, 4) is 0 Å². The molecule has 0 aromatic heterocycles. The topological polar surface area (TPSA) is 73.8 Å². The summed E-state index contributed by atoms with van der Waals surface area (Å²) in [6.07, 6.45) is 3.74. The van der Waals surface area contributed by atoms with E-state index in [4.69, 9.17) is 0 Å². The molecule has 0 saturated carbocycles. The first-order valence-electron chi connectivity index (χ1n) is 10.6. The number of hydrogen-bond acceptors (Lipinski definition) is 4. The molecule has 2 N–H and O–H groups in total. The van der Waals surface area contributed by atoms with E-state index in [1.807, 2.05) is 19.1 Å². The van der Waals surface area contributed by atoms with Gasteiger partial charge in [-0.3, -0.25) is 0 Å². The van der Waals surface area contributed by atoms with Gasteiger partial charge in [-0.2, -0.15) is 0 Å². The Morgan fingerprint density at radius 1 is 1.13 bits per heavy atom. The number of rotatable bonds is 7. The molecule has 7 heteroatoms. The van der Waals surface area contributed by atoms with Crippen LogP contribution in [0.3, 0.4) is 0 Å². The van der Waals surface area contributed by atoms with E-state index < -0.39 is 9.84 Å². The van der Waals surface area contributed by atoms with Crippen LogP contribution in [0.5, 0.6) is 0 Å². The molecule has 2 aromatic rings. The van der Waals surface area contributed by atoms with Gasteiger partial charge >= 0.3 is 0 Å². The van der Waals surface area contributed by atoms with Crippen LogP contribution < -0.4 is 15.5 Å². The lowest BCUT2D eigenvalue weighted by atomic mass is 10.1. The lowest BCUT2D eigenvalue weighted by Crippen LogP contribution is -2.38. The Labute approximate surface area is 180 Å². The fourth-order valence-electron chi connectivity index (χ4n) is 3.59. The smallest absolute Gasteiger partial charge is 0.192 e. The maximum Gasteiger partial charge on any atom is 0.192 e. The van der Waals surface area contributed by atoms with E-state index >= 15 is 0 Å². The van der Waals surface area contributed by atoms with Crippen molar-refractivity contribution in [2.45, 2.75) is 44.2 Å². The first kappa shape index (κ1) is 22.2. The van der Waals surface area contributed by atoms with E-state index in [1.54, 1.807) is 12.1 Å². The van der Waals surface area contributed by atoms with Crippen LogP contribution in [0.2, 0.25) is 0 Å². The molecule has 1 saturated heterocycles.